The predicted molar refractivity (Wildman–Crippen MR) is 94.0 cm³/mol. The minimum absolute atomic E-state index is 0.404. The van der Waals surface area contributed by atoms with Gasteiger partial charge in [-0.2, -0.15) is 0 Å². The number of hydrogen-bond donors (Lipinski definition) is 1. The molecule has 2 N–H and O–H groups in total. The van der Waals surface area contributed by atoms with Gasteiger partial charge in [0.05, 0.1) is 5.69 Å². The van der Waals surface area contributed by atoms with E-state index in [2.05, 4.69) is 18.7 Å². The summed E-state index contributed by atoms with van der Waals surface area (Å²) in [4.78, 5) is 23.3. The van der Waals surface area contributed by atoms with Crippen molar-refractivity contribution in [2.24, 2.45) is 11.7 Å². The number of amides is 1. The third-order valence-corrected chi connectivity index (χ3v) is 5.42. The second-order valence-electron chi connectivity index (χ2n) is 6.96. The number of nitrogens with two attached hydrogens (primary N) is 1. The first-order valence-electron chi connectivity index (χ1n) is 8.61. The van der Waals surface area contributed by atoms with Crippen LogP contribution in [0.4, 0.5) is 5.95 Å². The lowest BCUT2D eigenvalue weighted by Crippen LogP contribution is -2.54. The molecule has 0 unspecified atom stereocenters. The minimum Gasteiger partial charge on any atom is -0.366 e. The zero-order valence-corrected chi connectivity index (χ0v) is 14.1. The summed E-state index contributed by atoms with van der Waals surface area (Å²) < 4.78 is 0. The number of benzene rings is 1. The van der Waals surface area contributed by atoms with Gasteiger partial charge in [0, 0.05) is 35.0 Å². The van der Waals surface area contributed by atoms with E-state index in [0.29, 0.717) is 17.5 Å². The maximum Gasteiger partial charge on any atom is 0.248 e. The molecule has 0 radical (unpaired) electrons. The zero-order chi connectivity index (χ0) is 16.8. The lowest BCUT2D eigenvalue weighted by atomic mass is 9.92. The van der Waals surface area contributed by atoms with Crippen molar-refractivity contribution in [1.29, 1.82) is 0 Å². The lowest BCUT2D eigenvalue weighted by Gasteiger charge is -2.45. The first kappa shape index (κ1) is 15.1. The van der Waals surface area contributed by atoms with E-state index in [-0.39, 0.29) is 0 Å². The van der Waals surface area contributed by atoms with Gasteiger partial charge in [-0.3, -0.25) is 4.79 Å². The van der Waals surface area contributed by atoms with Gasteiger partial charge >= 0.3 is 0 Å². The van der Waals surface area contributed by atoms with Crippen LogP contribution in [-0.4, -0.2) is 28.5 Å². The number of nitrogens with zero attached hydrogens (tertiary/aromatic N) is 3. The standard InChI is InChI=1S/C19H22N4O/c1-11-10-23(12(11)2)19-21-16-5-3-4-15(16)17(22-19)13-6-8-14(9-7-13)18(20)24/h6-9,11-12H,3-5,10H2,1-2H3,(H2,20,24)/t11-,12-/m0/s1. The molecule has 1 aromatic heterocycles. The molecule has 1 aliphatic carbocycles. The fraction of sp³-hybridized carbons (Fsp3) is 0.421. The smallest absolute Gasteiger partial charge is 0.248 e. The summed E-state index contributed by atoms with van der Waals surface area (Å²) in [6.07, 6.45) is 3.18. The van der Waals surface area contributed by atoms with Crippen LogP contribution in [0.15, 0.2) is 24.3 Å². The quantitative estimate of drug-likeness (QED) is 0.942. The second kappa shape index (κ2) is 5.58. The van der Waals surface area contributed by atoms with Crippen molar-refractivity contribution in [2.75, 3.05) is 11.4 Å². The molecule has 0 spiro atoms. The number of aromatic nitrogens is 2. The highest BCUT2D eigenvalue weighted by atomic mass is 16.1. The van der Waals surface area contributed by atoms with Crippen LogP contribution in [0.1, 0.15) is 41.9 Å². The van der Waals surface area contributed by atoms with Crippen LogP contribution >= 0.6 is 0 Å². The van der Waals surface area contributed by atoms with Gasteiger partial charge in [0.15, 0.2) is 0 Å². The Morgan fingerprint density at radius 2 is 1.92 bits per heavy atom. The van der Waals surface area contributed by atoms with Gasteiger partial charge in [0.1, 0.15) is 0 Å². The molecule has 0 saturated carbocycles. The molecule has 4 rings (SSSR count). The van der Waals surface area contributed by atoms with Crippen LogP contribution in [0.2, 0.25) is 0 Å². The molecule has 1 aliphatic heterocycles. The molecule has 124 valence electrons. The average Bonchev–Trinajstić information content (AvgIpc) is 3.07. The van der Waals surface area contributed by atoms with Crippen LogP contribution < -0.4 is 10.6 Å². The van der Waals surface area contributed by atoms with Gasteiger partial charge in [-0.15, -0.1) is 0 Å². The number of aryl methyl sites for hydroxylation is 1. The highest BCUT2D eigenvalue weighted by Gasteiger charge is 2.35. The molecule has 2 atom stereocenters. The summed E-state index contributed by atoms with van der Waals surface area (Å²) in [5.74, 6) is 1.12. The molecule has 1 amide bonds. The Balaban J connectivity index is 1.77. The molecular weight excluding hydrogens is 300 g/mol. The predicted octanol–water partition coefficient (Wildman–Crippen LogP) is 2.58. The van der Waals surface area contributed by atoms with E-state index in [0.717, 1.165) is 43.0 Å². The molecule has 2 heterocycles. The third-order valence-electron chi connectivity index (χ3n) is 5.42. The highest BCUT2D eigenvalue weighted by molar-refractivity contribution is 5.93. The van der Waals surface area contributed by atoms with Gasteiger partial charge in [-0.25, -0.2) is 9.97 Å². The van der Waals surface area contributed by atoms with Crippen molar-refractivity contribution in [3.63, 3.8) is 0 Å². The summed E-state index contributed by atoms with van der Waals surface area (Å²) in [5, 5.41) is 0. The topological polar surface area (TPSA) is 72.1 Å². The largest absolute Gasteiger partial charge is 0.366 e. The molecule has 5 nitrogen and oxygen atoms in total. The molecule has 1 aromatic carbocycles. The van der Waals surface area contributed by atoms with Gasteiger partial charge in [0.2, 0.25) is 11.9 Å². The summed E-state index contributed by atoms with van der Waals surface area (Å²) in [6, 6.07) is 7.90. The Bertz CT molecular complexity index is 800. The van der Waals surface area contributed by atoms with E-state index < -0.39 is 5.91 Å². The fourth-order valence-electron chi connectivity index (χ4n) is 3.64. The number of primary amides is 1. The number of carbonyl (C=O) groups excluding carboxylic acids is 1. The normalized spacial score (nSPS) is 22.2. The number of anilines is 1. The summed E-state index contributed by atoms with van der Waals surface area (Å²) in [6.45, 7) is 5.50. The number of fused-ring (bicyclic) bond motifs is 1. The van der Waals surface area contributed by atoms with Crippen LogP contribution in [-0.2, 0) is 12.8 Å². The number of carbonyl (C=O) groups is 1. The van der Waals surface area contributed by atoms with Gasteiger partial charge in [0.25, 0.3) is 0 Å². The van der Waals surface area contributed by atoms with Crippen molar-refractivity contribution < 1.29 is 4.79 Å². The molecular formula is C19H22N4O. The first-order chi connectivity index (χ1) is 11.5. The molecule has 2 aliphatic rings. The third kappa shape index (κ3) is 2.35. The molecule has 24 heavy (non-hydrogen) atoms. The Morgan fingerprint density at radius 3 is 2.54 bits per heavy atom. The molecule has 2 aromatic rings. The Kier molecular flexibility index (Phi) is 3.52. The minimum atomic E-state index is -0.404. The van der Waals surface area contributed by atoms with Crippen molar-refractivity contribution in [3.05, 3.63) is 41.1 Å². The van der Waals surface area contributed by atoms with E-state index in [9.17, 15) is 4.79 Å². The van der Waals surface area contributed by atoms with E-state index in [1.54, 1.807) is 12.1 Å². The molecule has 0 bridgehead atoms. The summed E-state index contributed by atoms with van der Waals surface area (Å²) >= 11 is 0. The van der Waals surface area contributed by atoms with Crippen molar-refractivity contribution in [3.8, 4) is 11.3 Å². The second-order valence-corrected chi connectivity index (χ2v) is 6.96. The SMILES string of the molecule is C[C@H]1CN(c2nc3c(c(-c4ccc(C(N)=O)cc4)n2)CCC3)[C@H]1C. The van der Waals surface area contributed by atoms with Crippen molar-refractivity contribution in [2.45, 2.75) is 39.2 Å². The van der Waals surface area contributed by atoms with Crippen LogP contribution in [0.5, 0.6) is 0 Å². The zero-order valence-electron chi connectivity index (χ0n) is 14.1. The first-order valence-corrected chi connectivity index (χ1v) is 8.61. The number of hydrogen-bond acceptors (Lipinski definition) is 4. The lowest BCUT2D eigenvalue weighted by molar-refractivity contribution is 0.100. The van der Waals surface area contributed by atoms with Gasteiger partial charge in [-0.1, -0.05) is 19.1 Å². The van der Waals surface area contributed by atoms with Crippen LogP contribution in [0.25, 0.3) is 11.3 Å². The Labute approximate surface area is 141 Å². The Hall–Kier alpha value is -2.43. The molecule has 1 saturated heterocycles. The summed E-state index contributed by atoms with van der Waals surface area (Å²) in [5.41, 5.74) is 10.3. The van der Waals surface area contributed by atoms with Crippen LogP contribution in [0, 0.1) is 5.92 Å². The maximum atomic E-state index is 11.3. The molecule has 1 fully saturated rings. The van der Waals surface area contributed by atoms with E-state index >= 15 is 0 Å². The maximum absolute atomic E-state index is 11.3. The molecule has 5 heteroatoms. The fourth-order valence-corrected chi connectivity index (χ4v) is 3.64. The average molecular weight is 322 g/mol. The van der Waals surface area contributed by atoms with E-state index in [4.69, 9.17) is 15.7 Å². The van der Waals surface area contributed by atoms with Gasteiger partial charge < -0.3 is 10.6 Å². The van der Waals surface area contributed by atoms with Crippen molar-refractivity contribution in [1.82, 2.24) is 9.97 Å². The van der Waals surface area contributed by atoms with Crippen LogP contribution in [0.3, 0.4) is 0 Å². The number of rotatable bonds is 3. The Morgan fingerprint density at radius 1 is 1.17 bits per heavy atom. The monoisotopic (exact) mass is 322 g/mol. The summed E-state index contributed by atoms with van der Waals surface area (Å²) in [7, 11) is 0. The van der Waals surface area contributed by atoms with E-state index in [1.807, 2.05) is 12.1 Å². The van der Waals surface area contributed by atoms with Crippen molar-refractivity contribution >= 4 is 11.9 Å². The van der Waals surface area contributed by atoms with Gasteiger partial charge in [-0.05, 0) is 44.2 Å². The highest BCUT2D eigenvalue weighted by Crippen LogP contribution is 2.35. The van der Waals surface area contributed by atoms with E-state index in [1.165, 1.54) is 11.3 Å².